The lowest BCUT2D eigenvalue weighted by Crippen LogP contribution is -2.19. The van der Waals surface area contributed by atoms with Crippen molar-refractivity contribution in [1.82, 2.24) is 10.3 Å². The Bertz CT molecular complexity index is 1310. The quantitative estimate of drug-likeness (QED) is 0.313. The Hall–Kier alpha value is -3.78. The summed E-state index contributed by atoms with van der Waals surface area (Å²) in [5.74, 6) is 0. The third kappa shape index (κ3) is 3.92. The highest BCUT2D eigenvalue weighted by atomic mass is 19.4. The van der Waals surface area contributed by atoms with Gasteiger partial charge in [0.2, 0.25) is 0 Å². The Morgan fingerprint density at radius 3 is 2.34 bits per heavy atom. The number of alkyl halides is 3. The van der Waals surface area contributed by atoms with Crippen LogP contribution in [-0.2, 0) is 19.3 Å². The van der Waals surface area contributed by atoms with Crippen LogP contribution in [-0.4, -0.2) is 11.0 Å². The first-order chi connectivity index (χ1) is 15.4. The summed E-state index contributed by atoms with van der Waals surface area (Å²) in [5.41, 5.74) is 5.65. The first kappa shape index (κ1) is 20.1. The molecule has 4 N–H and O–H groups in total. The van der Waals surface area contributed by atoms with Gasteiger partial charge in [-0.1, -0.05) is 18.2 Å². The maximum Gasteiger partial charge on any atom is 0.416 e. The normalized spacial score (nSPS) is 13.2. The molecule has 5 nitrogen and oxygen atoms in total. The van der Waals surface area contributed by atoms with Crippen molar-refractivity contribution in [2.24, 2.45) is 0 Å². The van der Waals surface area contributed by atoms with Gasteiger partial charge in [0.1, 0.15) is 0 Å². The fourth-order valence-electron chi connectivity index (χ4n) is 3.91. The fraction of sp³-hybridized carbons (Fsp3) is 0.125. The predicted octanol–water partition coefficient (Wildman–Crippen LogP) is 6.10. The number of hydrogen-bond acceptors (Lipinski definition) is 2. The van der Waals surface area contributed by atoms with Crippen LogP contribution in [0.3, 0.4) is 0 Å². The molecule has 0 bridgehead atoms. The van der Waals surface area contributed by atoms with Gasteiger partial charge >= 0.3 is 12.2 Å². The Morgan fingerprint density at radius 1 is 0.844 bits per heavy atom. The van der Waals surface area contributed by atoms with Crippen molar-refractivity contribution in [3.05, 3.63) is 83.6 Å². The van der Waals surface area contributed by atoms with Crippen LogP contribution in [0.15, 0.2) is 66.9 Å². The molecule has 0 spiro atoms. The molecule has 0 saturated heterocycles. The largest absolute Gasteiger partial charge is 0.416 e. The number of aromatic amines is 1. The number of carbonyl (C=O) groups is 1. The summed E-state index contributed by atoms with van der Waals surface area (Å²) in [6.45, 7) is 1.74. The van der Waals surface area contributed by atoms with Crippen molar-refractivity contribution >= 4 is 28.3 Å². The topological polar surface area (TPSA) is 69.0 Å². The molecule has 4 aromatic rings. The van der Waals surface area contributed by atoms with Gasteiger partial charge in [0.25, 0.3) is 0 Å². The summed E-state index contributed by atoms with van der Waals surface area (Å²) in [7, 11) is 0. The van der Waals surface area contributed by atoms with Crippen LogP contribution in [0.5, 0.6) is 0 Å². The van der Waals surface area contributed by atoms with E-state index in [0.29, 0.717) is 5.69 Å². The maximum atomic E-state index is 12.7. The van der Waals surface area contributed by atoms with Crippen molar-refractivity contribution in [2.75, 3.05) is 10.6 Å². The van der Waals surface area contributed by atoms with E-state index < -0.39 is 17.8 Å². The van der Waals surface area contributed by atoms with Crippen molar-refractivity contribution < 1.29 is 18.0 Å². The van der Waals surface area contributed by atoms with Crippen LogP contribution in [0.25, 0.3) is 22.0 Å². The molecular formula is C24H19F3N4O. The number of hydrogen-bond donors (Lipinski definition) is 4. The monoisotopic (exact) mass is 436 g/mol. The minimum absolute atomic E-state index is 0.266. The summed E-state index contributed by atoms with van der Waals surface area (Å²) in [6.07, 6.45) is -2.73. The molecule has 0 atom stereocenters. The molecule has 2 heterocycles. The number of nitrogens with one attached hydrogen (secondary N) is 4. The summed E-state index contributed by atoms with van der Waals surface area (Å²) in [6, 6.07) is 16.1. The smallest absolute Gasteiger partial charge is 0.359 e. The van der Waals surface area contributed by atoms with E-state index in [2.05, 4.69) is 39.1 Å². The lowest BCUT2D eigenvalue weighted by atomic mass is 9.99. The first-order valence-electron chi connectivity index (χ1n) is 10.1. The zero-order valence-corrected chi connectivity index (χ0v) is 16.8. The van der Waals surface area contributed by atoms with Crippen LogP contribution in [0.2, 0.25) is 0 Å². The molecule has 0 radical (unpaired) electrons. The molecule has 1 aliphatic rings. The third-order valence-electron chi connectivity index (χ3n) is 5.57. The standard InChI is InChI=1S/C24H19F3N4O/c25-24(26,27)18-4-6-19(7-5-18)30-23(32)31-22-13-29-21-8-3-15(10-20(21)22)14-1-2-16-11-28-12-17(16)9-14/h1-10,13,28-29H,11-12H2,(H2,30,31,32). The molecule has 0 aliphatic carbocycles. The minimum atomic E-state index is -4.42. The van der Waals surface area contributed by atoms with Gasteiger partial charge in [0.15, 0.2) is 0 Å². The van der Waals surface area contributed by atoms with E-state index in [4.69, 9.17) is 0 Å². The van der Waals surface area contributed by atoms with Crippen LogP contribution in [0.4, 0.5) is 29.3 Å². The second-order valence-electron chi connectivity index (χ2n) is 7.70. The Labute approximate surface area is 181 Å². The van der Waals surface area contributed by atoms with Crippen LogP contribution >= 0.6 is 0 Å². The van der Waals surface area contributed by atoms with Crippen molar-refractivity contribution in [3.8, 4) is 11.1 Å². The average Bonchev–Trinajstić information content (AvgIpc) is 3.39. The highest BCUT2D eigenvalue weighted by molar-refractivity contribution is 6.06. The number of aromatic nitrogens is 1. The number of amides is 2. The number of anilines is 2. The molecule has 162 valence electrons. The van der Waals surface area contributed by atoms with E-state index in [0.717, 1.165) is 47.3 Å². The number of benzene rings is 3. The molecule has 2 amide bonds. The van der Waals surface area contributed by atoms with Crippen LogP contribution in [0.1, 0.15) is 16.7 Å². The van der Waals surface area contributed by atoms with Crippen molar-refractivity contribution in [3.63, 3.8) is 0 Å². The summed E-state index contributed by atoms with van der Waals surface area (Å²) in [4.78, 5) is 15.5. The highest BCUT2D eigenvalue weighted by Crippen LogP contribution is 2.32. The molecular weight excluding hydrogens is 417 g/mol. The van der Waals surface area contributed by atoms with Gasteiger partial charge in [0, 0.05) is 35.9 Å². The highest BCUT2D eigenvalue weighted by Gasteiger charge is 2.30. The Kier molecular flexibility index (Phi) is 4.86. The number of fused-ring (bicyclic) bond motifs is 2. The van der Waals surface area contributed by atoms with E-state index in [9.17, 15) is 18.0 Å². The zero-order valence-electron chi connectivity index (χ0n) is 16.8. The molecule has 0 fully saturated rings. The van der Waals surface area contributed by atoms with E-state index in [1.165, 1.54) is 23.3 Å². The summed E-state index contributed by atoms with van der Waals surface area (Å²) < 4.78 is 38.1. The SMILES string of the molecule is O=C(Nc1ccc(C(F)(F)F)cc1)Nc1c[nH]c2ccc(-c3ccc4c(c3)CNC4)cc12. The van der Waals surface area contributed by atoms with Gasteiger partial charge in [-0.05, 0) is 64.7 Å². The molecule has 3 aromatic carbocycles. The van der Waals surface area contributed by atoms with E-state index in [-0.39, 0.29) is 5.69 Å². The number of carbonyl (C=O) groups excluding carboxylic acids is 1. The molecule has 0 unspecified atom stereocenters. The number of urea groups is 1. The molecule has 0 saturated carbocycles. The second-order valence-corrected chi connectivity index (χ2v) is 7.70. The van der Waals surface area contributed by atoms with Gasteiger partial charge in [-0.15, -0.1) is 0 Å². The van der Waals surface area contributed by atoms with Crippen molar-refractivity contribution in [1.29, 1.82) is 0 Å². The van der Waals surface area contributed by atoms with Gasteiger partial charge in [0.05, 0.1) is 11.3 Å². The maximum absolute atomic E-state index is 12.7. The Balaban J connectivity index is 1.35. The van der Waals surface area contributed by atoms with Gasteiger partial charge in [-0.2, -0.15) is 13.2 Å². The van der Waals surface area contributed by atoms with Gasteiger partial charge in [-0.3, -0.25) is 0 Å². The summed E-state index contributed by atoms with van der Waals surface area (Å²) in [5, 5.41) is 9.50. The van der Waals surface area contributed by atoms with Crippen LogP contribution in [0, 0.1) is 0 Å². The number of H-pyrrole nitrogens is 1. The average molecular weight is 436 g/mol. The minimum Gasteiger partial charge on any atom is -0.359 e. The van der Waals surface area contributed by atoms with E-state index in [1.807, 2.05) is 18.2 Å². The Morgan fingerprint density at radius 2 is 1.56 bits per heavy atom. The number of halogens is 3. The lowest BCUT2D eigenvalue weighted by Gasteiger charge is -2.10. The van der Waals surface area contributed by atoms with Crippen molar-refractivity contribution in [2.45, 2.75) is 19.3 Å². The second kappa shape index (κ2) is 7.72. The summed E-state index contributed by atoms with van der Waals surface area (Å²) >= 11 is 0. The molecule has 8 heteroatoms. The third-order valence-corrected chi connectivity index (χ3v) is 5.57. The fourth-order valence-corrected chi connectivity index (χ4v) is 3.91. The van der Waals surface area contributed by atoms with Crippen LogP contribution < -0.4 is 16.0 Å². The van der Waals surface area contributed by atoms with Gasteiger partial charge < -0.3 is 20.9 Å². The molecule has 32 heavy (non-hydrogen) atoms. The molecule has 1 aliphatic heterocycles. The van der Waals surface area contributed by atoms with E-state index >= 15 is 0 Å². The van der Waals surface area contributed by atoms with Gasteiger partial charge in [-0.25, -0.2) is 4.79 Å². The molecule has 1 aromatic heterocycles. The lowest BCUT2D eigenvalue weighted by molar-refractivity contribution is -0.137. The number of rotatable bonds is 3. The molecule has 5 rings (SSSR count). The zero-order chi connectivity index (χ0) is 22.3. The predicted molar refractivity (Wildman–Crippen MR) is 118 cm³/mol. The van der Waals surface area contributed by atoms with E-state index in [1.54, 1.807) is 6.20 Å². The first-order valence-corrected chi connectivity index (χ1v) is 10.1.